The Morgan fingerprint density at radius 2 is 1.86 bits per heavy atom. The maximum Gasteiger partial charge on any atom is 0.254 e. The lowest BCUT2D eigenvalue weighted by Crippen LogP contribution is -1.91. The van der Waals surface area contributed by atoms with Crippen LogP contribution in [-0.2, 0) is 9.09 Å². The summed E-state index contributed by atoms with van der Waals surface area (Å²) in [7, 11) is 0. The van der Waals surface area contributed by atoms with Crippen molar-refractivity contribution >= 4 is 29.7 Å². The summed E-state index contributed by atoms with van der Waals surface area (Å²) in [5.74, 6) is 3.21. The third-order valence-electron chi connectivity index (χ3n) is 1.43. The summed E-state index contributed by atoms with van der Waals surface area (Å²) in [6.07, 6.45) is 2.15. The summed E-state index contributed by atoms with van der Waals surface area (Å²) < 4.78 is 17.0. The molecule has 0 heterocycles. The molecule has 5 heteroatoms. The van der Waals surface area contributed by atoms with E-state index in [4.69, 9.17) is 4.52 Å². The van der Waals surface area contributed by atoms with E-state index in [0.717, 1.165) is 17.9 Å². The topological polar surface area (TPSA) is 26.3 Å². The van der Waals surface area contributed by atoms with E-state index in [-0.39, 0.29) is 0 Å². The van der Waals surface area contributed by atoms with Gasteiger partial charge < -0.3 is 4.52 Å². The van der Waals surface area contributed by atoms with Crippen LogP contribution in [0.4, 0.5) is 0 Å². The Hall–Kier alpha value is 0.890. The van der Waals surface area contributed by atoms with Crippen LogP contribution >= 0.6 is 29.7 Å². The fourth-order valence-electron chi connectivity index (χ4n) is 0.803. The van der Waals surface area contributed by atoms with Gasteiger partial charge in [-0.2, -0.15) is 11.8 Å². The molecule has 2 nitrogen and oxygen atoms in total. The van der Waals surface area contributed by atoms with Crippen LogP contribution in [-0.4, -0.2) is 30.5 Å². The van der Waals surface area contributed by atoms with Crippen molar-refractivity contribution in [3.8, 4) is 0 Å². The lowest BCUT2D eigenvalue weighted by molar-refractivity contribution is 0.328. The molecule has 1 atom stereocenters. The minimum Gasteiger partial charge on any atom is -0.321 e. The molecule has 0 bridgehead atoms. The van der Waals surface area contributed by atoms with Crippen molar-refractivity contribution in [1.82, 2.24) is 0 Å². The lowest BCUT2D eigenvalue weighted by atomic mass is 10.5. The predicted octanol–water partition coefficient (Wildman–Crippen LogP) is 4.11. The van der Waals surface area contributed by atoms with Crippen molar-refractivity contribution in [3.63, 3.8) is 0 Å². The van der Waals surface area contributed by atoms with E-state index in [9.17, 15) is 4.57 Å². The number of thioether (sulfide) groups is 1. The van der Waals surface area contributed by atoms with E-state index >= 15 is 0 Å². The highest BCUT2D eigenvalue weighted by Gasteiger charge is 2.15. The summed E-state index contributed by atoms with van der Waals surface area (Å²) >= 11 is 3.40. The van der Waals surface area contributed by atoms with Crippen molar-refractivity contribution in [1.29, 1.82) is 0 Å². The largest absolute Gasteiger partial charge is 0.321 e. The fraction of sp³-hybridized carbons (Fsp3) is 1.00. The highest BCUT2D eigenvalue weighted by atomic mass is 32.7. The normalized spacial score (nSPS) is 15.4. The SMILES string of the molecule is CCCOP(C)(=O)SCCSCCC. The van der Waals surface area contributed by atoms with E-state index in [1.54, 1.807) is 6.66 Å². The Bertz CT molecular complexity index is 176. The predicted molar refractivity (Wildman–Crippen MR) is 69.8 cm³/mol. The molecular weight excluding hydrogens is 235 g/mol. The number of hydrogen-bond acceptors (Lipinski definition) is 4. The van der Waals surface area contributed by atoms with Gasteiger partial charge in [0.2, 0.25) is 0 Å². The van der Waals surface area contributed by atoms with E-state index in [0.29, 0.717) is 6.61 Å². The van der Waals surface area contributed by atoms with Crippen LogP contribution in [0, 0.1) is 0 Å². The van der Waals surface area contributed by atoms with Gasteiger partial charge in [-0.15, -0.1) is 0 Å². The van der Waals surface area contributed by atoms with Crippen LogP contribution in [0.15, 0.2) is 0 Å². The van der Waals surface area contributed by atoms with Crippen LogP contribution in [0.5, 0.6) is 0 Å². The molecule has 0 aliphatic heterocycles. The summed E-state index contributed by atoms with van der Waals surface area (Å²) in [5, 5.41) is 0. The van der Waals surface area contributed by atoms with Crippen LogP contribution < -0.4 is 0 Å². The van der Waals surface area contributed by atoms with Crippen molar-refractivity contribution in [2.45, 2.75) is 26.7 Å². The summed E-state index contributed by atoms with van der Waals surface area (Å²) in [6.45, 7) is 4.19. The molecule has 86 valence electrons. The molecule has 0 aromatic heterocycles. The Morgan fingerprint density at radius 3 is 2.43 bits per heavy atom. The fourth-order valence-corrected chi connectivity index (χ4v) is 5.10. The second-order valence-corrected chi connectivity index (χ2v) is 9.51. The van der Waals surface area contributed by atoms with Gasteiger partial charge in [0.25, 0.3) is 6.57 Å². The quantitative estimate of drug-likeness (QED) is 0.458. The minimum absolute atomic E-state index is 0.614. The Morgan fingerprint density at radius 1 is 1.14 bits per heavy atom. The van der Waals surface area contributed by atoms with Crippen molar-refractivity contribution < 1.29 is 9.09 Å². The van der Waals surface area contributed by atoms with E-state index in [2.05, 4.69) is 6.92 Å². The van der Waals surface area contributed by atoms with Crippen molar-refractivity contribution in [2.75, 3.05) is 30.5 Å². The van der Waals surface area contributed by atoms with Crippen LogP contribution in [0.2, 0.25) is 0 Å². The second kappa shape index (κ2) is 9.14. The molecule has 0 aromatic carbocycles. The van der Waals surface area contributed by atoms with Crippen LogP contribution in [0.1, 0.15) is 26.7 Å². The zero-order chi connectivity index (χ0) is 10.9. The van der Waals surface area contributed by atoms with Crippen LogP contribution in [0.25, 0.3) is 0 Å². The molecule has 0 saturated heterocycles. The molecule has 0 fully saturated rings. The zero-order valence-corrected chi connectivity index (χ0v) is 11.9. The van der Waals surface area contributed by atoms with E-state index < -0.39 is 6.57 Å². The zero-order valence-electron chi connectivity index (χ0n) is 9.32. The van der Waals surface area contributed by atoms with Gasteiger partial charge in [-0.25, -0.2) is 0 Å². The van der Waals surface area contributed by atoms with Gasteiger partial charge in [0.1, 0.15) is 0 Å². The minimum atomic E-state index is -2.35. The molecule has 0 amide bonds. The monoisotopic (exact) mass is 256 g/mol. The molecule has 0 aliphatic carbocycles. The first-order chi connectivity index (χ1) is 6.62. The summed E-state index contributed by atoms with van der Waals surface area (Å²) in [4.78, 5) is 0. The third-order valence-corrected chi connectivity index (χ3v) is 6.66. The van der Waals surface area contributed by atoms with E-state index in [1.807, 2.05) is 18.7 Å². The highest BCUT2D eigenvalue weighted by molar-refractivity contribution is 8.56. The van der Waals surface area contributed by atoms with E-state index in [1.165, 1.54) is 23.6 Å². The molecule has 0 N–H and O–H groups in total. The standard InChI is InChI=1S/C9H21O2PS2/c1-4-6-11-12(3,10)14-9-8-13-7-5-2/h4-9H2,1-3H3. The van der Waals surface area contributed by atoms with Gasteiger partial charge in [-0.05, 0) is 18.6 Å². The van der Waals surface area contributed by atoms with Gasteiger partial charge in [-0.3, -0.25) is 4.57 Å². The lowest BCUT2D eigenvalue weighted by Gasteiger charge is -2.11. The second-order valence-electron chi connectivity index (χ2n) is 3.05. The average molecular weight is 256 g/mol. The molecule has 0 saturated carbocycles. The smallest absolute Gasteiger partial charge is 0.254 e. The van der Waals surface area contributed by atoms with Gasteiger partial charge in [0.05, 0.1) is 6.61 Å². The van der Waals surface area contributed by atoms with Crippen molar-refractivity contribution in [3.05, 3.63) is 0 Å². The van der Waals surface area contributed by atoms with Gasteiger partial charge in [-0.1, -0.05) is 25.2 Å². The maximum absolute atomic E-state index is 11.7. The maximum atomic E-state index is 11.7. The van der Waals surface area contributed by atoms with Gasteiger partial charge in [0.15, 0.2) is 0 Å². The molecule has 1 unspecified atom stereocenters. The molecule has 0 radical (unpaired) electrons. The Labute approximate surface area is 96.1 Å². The molecule has 0 rings (SSSR count). The van der Waals surface area contributed by atoms with Crippen molar-refractivity contribution in [2.24, 2.45) is 0 Å². The number of hydrogen-bond donors (Lipinski definition) is 0. The van der Waals surface area contributed by atoms with Gasteiger partial charge in [0, 0.05) is 18.2 Å². The first-order valence-corrected chi connectivity index (χ1v) is 9.88. The first kappa shape index (κ1) is 14.9. The first-order valence-electron chi connectivity index (χ1n) is 5.06. The van der Waals surface area contributed by atoms with Gasteiger partial charge >= 0.3 is 0 Å². The van der Waals surface area contributed by atoms with Crippen LogP contribution in [0.3, 0.4) is 0 Å². The molecule has 0 aromatic rings. The summed E-state index contributed by atoms with van der Waals surface area (Å²) in [5.41, 5.74) is 0. The third kappa shape index (κ3) is 9.45. The molecule has 14 heavy (non-hydrogen) atoms. The molecule has 0 spiro atoms. The molecule has 0 aliphatic rings. The summed E-state index contributed by atoms with van der Waals surface area (Å²) in [6, 6.07) is 0. The Balaban J connectivity index is 3.40. The molecular formula is C9H21O2PS2. The Kier molecular flexibility index (Phi) is 9.72. The average Bonchev–Trinajstić information content (AvgIpc) is 2.15. The number of rotatable bonds is 9. The highest BCUT2D eigenvalue weighted by Crippen LogP contribution is 2.56.